The number of carbonyl (C=O) groups is 1. The number of rotatable bonds is 1. The van der Waals surface area contributed by atoms with Gasteiger partial charge in [-0.05, 0) is 0 Å². The summed E-state index contributed by atoms with van der Waals surface area (Å²) in [5.74, 6) is 0.165. The average molecular weight is 199 g/mol. The van der Waals surface area contributed by atoms with Gasteiger partial charge in [-0.15, -0.1) is 0 Å². The number of carboxylic acid groups (broad SMARTS) is 1. The van der Waals surface area contributed by atoms with Crippen molar-refractivity contribution in [1.29, 1.82) is 0 Å². The number of nitrogens with two attached hydrogens (primary N) is 2. The van der Waals surface area contributed by atoms with Crippen LogP contribution in [-0.4, -0.2) is 26.0 Å². The van der Waals surface area contributed by atoms with Gasteiger partial charge < -0.3 is 16.6 Å². The highest BCUT2D eigenvalue weighted by Gasteiger charge is 1.96. The van der Waals surface area contributed by atoms with Crippen molar-refractivity contribution in [1.82, 2.24) is 15.0 Å². The number of aromatic nitrogens is 3. The molecule has 78 valence electrons. The Bertz CT molecular complexity index is 291. The number of hydrogen-bond donors (Lipinski definition) is 3. The van der Waals surface area contributed by atoms with Crippen LogP contribution in [0.2, 0.25) is 0 Å². The molecule has 0 amide bonds. The molecular weight excluding hydrogens is 186 g/mol. The van der Waals surface area contributed by atoms with E-state index in [1.807, 2.05) is 6.92 Å². The Morgan fingerprint density at radius 3 is 1.93 bits per heavy atom. The molecule has 0 fully saturated rings. The lowest BCUT2D eigenvalue weighted by atomic mass is 10.5. The summed E-state index contributed by atoms with van der Waals surface area (Å²) in [6, 6.07) is 0. The standard InChI is InChI=1S/C5H9N5.C2H4O2/c1-2-3-8-4(6)10-5(7)9-3;1-2(3)4/h2H2,1H3,(H4,6,7,8,9,10);1H3,(H,3,4). The maximum absolute atomic E-state index is 9.00. The summed E-state index contributed by atoms with van der Waals surface area (Å²) in [6.45, 7) is 3.01. The number of aliphatic carboxylic acids is 1. The minimum atomic E-state index is -0.833. The molecule has 5 N–H and O–H groups in total. The molecule has 14 heavy (non-hydrogen) atoms. The Morgan fingerprint density at radius 2 is 1.64 bits per heavy atom. The molecule has 0 saturated carbocycles. The molecule has 0 aliphatic rings. The molecule has 7 heteroatoms. The summed E-state index contributed by atoms with van der Waals surface area (Å²) in [5.41, 5.74) is 10.6. The molecule has 0 bridgehead atoms. The second-order valence-corrected chi connectivity index (χ2v) is 2.34. The van der Waals surface area contributed by atoms with Gasteiger partial charge in [0.1, 0.15) is 5.82 Å². The molecule has 7 nitrogen and oxygen atoms in total. The maximum atomic E-state index is 9.00. The van der Waals surface area contributed by atoms with Crippen molar-refractivity contribution >= 4 is 17.9 Å². The van der Waals surface area contributed by atoms with E-state index in [0.29, 0.717) is 5.82 Å². The first-order chi connectivity index (χ1) is 6.45. The van der Waals surface area contributed by atoms with Crippen LogP contribution in [-0.2, 0) is 11.2 Å². The monoisotopic (exact) mass is 199 g/mol. The Hall–Kier alpha value is -1.92. The van der Waals surface area contributed by atoms with Gasteiger partial charge in [0.25, 0.3) is 5.97 Å². The molecule has 1 heterocycles. The van der Waals surface area contributed by atoms with E-state index in [1.54, 1.807) is 0 Å². The molecule has 0 radical (unpaired) electrons. The van der Waals surface area contributed by atoms with Gasteiger partial charge >= 0.3 is 0 Å². The number of nitrogens with zero attached hydrogens (tertiary/aromatic N) is 3. The molecule has 0 aliphatic carbocycles. The molecule has 0 atom stereocenters. The first kappa shape index (κ1) is 12.1. The largest absolute Gasteiger partial charge is 0.481 e. The highest BCUT2D eigenvalue weighted by Crippen LogP contribution is 1.97. The van der Waals surface area contributed by atoms with Crippen molar-refractivity contribution in [2.45, 2.75) is 20.3 Å². The number of hydrogen-bond acceptors (Lipinski definition) is 6. The highest BCUT2D eigenvalue weighted by molar-refractivity contribution is 5.62. The fraction of sp³-hybridized carbons (Fsp3) is 0.429. The number of carboxylic acids is 1. The third-order valence-corrected chi connectivity index (χ3v) is 1.03. The Kier molecular flexibility index (Phi) is 4.90. The van der Waals surface area contributed by atoms with Gasteiger partial charge in [-0.1, -0.05) is 6.92 Å². The molecular formula is C7H13N5O2. The van der Waals surface area contributed by atoms with E-state index in [4.69, 9.17) is 21.4 Å². The summed E-state index contributed by atoms with van der Waals surface area (Å²) in [4.78, 5) is 20.3. The van der Waals surface area contributed by atoms with Gasteiger partial charge in [-0.3, -0.25) is 4.79 Å². The normalized spacial score (nSPS) is 8.71. The zero-order valence-electron chi connectivity index (χ0n) is 8.06. The van der Waals surface area contributed by atoms with Gasteiger partial charge in [-0.25, -0.2) is 0 Å². The highest BCUT2D eigenvalue weighted by atomic mass is 16.4. The second-order valence-electron chi connectivity index (χ2n) is 2.34. The summed E-state index contributed by atoms with van der Waals surface area (Å²) in [7, 11) is 0. The Morgan fingerprint density at radius 1 is 1.29 bits per heavy atom. The zero-order chi connectivity index (χ0) is 11.1. The predicted molar refractivity (Wildman–Crippen MR) is 51.3 cm³/mol. The lowest BCUT2D eigenvalue weighted by Gasteiger charge is -1.96. The SMILES string of the molecule is CC(=O)O.CCc1nc(N)nc(N)n1. The van der Waals surface area contributed by atoms with E-state index in [9.17, 15) is 0 Å². The molecule has 0 spiro atoms. The smallest absolute Gasteiger partial charge is 0.300 e. The van der Waals surface area contributed by atoms with Gasteiger partial charge in [0.05, 0.1) is 0 Å². The van der Waals surface area contributed by atoms with Crippen molar-refractivity contribution in [3.63, 3.8) is 0 Å². The van der Waals surface area contributed by atoms with Crippen LogP contribution in [0.4, 0.5) is 11.9 Å². The first-order valence-electron chi connectivity index (χ1n) is 3.91. The van der Waals surface area contributed by atoms with Gasteiger partial charge in [0, 0.05) is 13.3 Å². The van der Waals surface area contributed by atoms with Gasteiger partial charge in [0.15, 0.2) is 0 Å². The topological polar surface area (TPSA) is 128 Å². The molecule has 1 aromatic heterocycles. The van der Waals surface area contributed by atoms with E-state index >= 15 is 0 Å². The minimum Gasteiger partial charge on any atom is -0.481 e. The van der Waals surface area contributed by atoms with Crippen LogP contribution in [0, 0.1) is 0 Å². The van der Waals surface area contributed by atoms with Gasteiger partial charge in [-0.2, -0.15) is 15.0 Å². The number of anilines is 2. The van der Waals surface area contributed by atoms with Crippen LogP contribution in [0.15, 0.2) is 0 Å². The van der Waals surface area contributed by atoms with Crippen LogP contribution < -0.4 is 11.5 Å². The van der Waals surface area contributed by atoms with E-state index in [1.165, 1.54) is 0 Å². The van der Waals surface area contributed by atoms with Crippen LogP contribution in [0.3, 0.4) is 0 Å². The first-order valence-corrected chi connectivity index (χ1v) is 3.91. The molecule has 1 aromatic rings. The van der Waals surface area contributed by atoms with Crippen LogP contribution >= 0.6 is 0 Å². The summed E-state index contributed by atoms with van der Waals surface area (Å²) in [6.07, 6.45) is 0.719. The maximum Gasteiger partial charge on any atom is 0.300 e. The zero-order valence-corrected chi connectivity index (χ0v) is 8.06. The molecule has 0 aliphatic heterocycles. The minimum absolute atomic E-state index is 0.185. The van der Waals surface area contributed by atoms with E-state index in [0.717, 1.165) is 13.3 Å². The Labute approximate surface area is 81.2 Å². The quantitative estimate of drug-likeness (QED) is 0.565. The van der Waals surface area contributed by atoms with Crippen LogP contribution in [0.5, 0.6) is 0 Å². The fourth-order valence-corrected chi connectivity index (χ4v) is 0.615. The van der Waals surface area contributed by atoms with Crippen molar-refractivity contribution in [3.8, 4) is 0 Å². The Balaban J connectivity index is 0.000000364. The van der Waals surface area contributed by atoms with E-state index in [2.05, 4.69) is 15.0 Å². The van der Waals surface area contributed by atoms with E-state index in [-0.39, 0.29) is 11.9 Å². The van der Waals surface area contributed by atoms with Gasteiger partial charge in [0.2, 0.25) is 11.9 Å². The van der Waals surface area contributed by atoms with Crippen LogP contribution in [0.25, 0.3) is 0 Å². The third kappa shape index (κ3) is 5.70. The van der Waals surface area contributed by atoms with Crippen LogP contribution in [0.1, 0.15) is 19.7 Å². The lowest BCUT2D eigenvalue weighted by molar-refractivity contribution is -0.134. The number of aryl methyl sites for hydroxylation is 1. The van der Waals surface area contributed by atoms with Crippen molar-refractivity contribution < 1.29 is 9.90 Å². The van der Waals surface area contributed by atoms with Crippen molar-refractivity contribution in [3.05, 3.63) is 5.82 Å². The summed E-state index contributed by atoms with van der Waals surface area (Å²) < 4.78 is 0. The summed E-state index contributed by atoms with van der Waals surface area (Å²) >= 11 is 0. The predicted octanol–water partition coefficient (Wildman–Crippen LogP) is -0.311. The van der Waals surface area contributed by atoms with Crippen molar-refractivity contribution in [2.75, 3.05) is 11.5 Å². The third-order valence-electron chi connectivity index (χ3n) is 1.03. The average Bonchev–Trinajstić information content (AvgIpc) is 2.01. The van der Waals surface area contributed by atoms with Crippen molar-refractivity contribution in [2.24, 2.45) is 0 Å². The lowest BCUT2D eigenvalue weighted by Crippen LogP contribution is -2.05. The number of nitrogen functional groups attached to an aromatic ring is 2. The molecule has 1 rings (SSSR count). The fourth-order valence-electron chi connectivity index (χ4n) is 0.615. The molecule has 0 saturated heterocycles. The van der Waals surface area contributed by atoms with E-state index < -0.39 is 5.97 Å². The molecule has 0 aromatic carbocycles. The second kappa shape index (κ2) is 5.68. The molecule has 0 unspecified atom stereocenters. The summed E-state index contributed by atoms with van der Waals surface area (Å²) in [5, 5.41) is 7.42.